The van der Waals surface area contributed by atoms with E-state index in [1.54, 1.807) is 24.4 Å². The number of carbonyl (C=O) groups is 1. The van der Waals surface area contributed by atoms with Crippen LogP contribution in [0.5, 0.6) is 11.5 Å². The predicted molar refractivity (Wildman–Crippen MR) is 135 cm³/mol. The number of para-hydroxylation sites is 2. The predicted octanol–water partition coefficient (Wildman–Crippen LogP) is 6.26. The van der Waals surface area contributed by atoms with E-state index in [1.165, 1.54) is 0 Å². The van der Waals surface area contributed by atoms with Gasteiger partial charge in [-0.2, -0.15) is 5.10 Å². The largest absolute Gasteiger partial charge is 0.488 e. The Morgan fingerprint density at radius 3 is 2.24 bits per heavy atom. The van der Waals surface area contributed by atoms with Gasteiger partial charge in [-0.25, -0.2) is 5.43 Å². The van der Waals surface area contributed by atoms with Crippen LogP contribution in [-0.4, -0.2) is 12.1 Å². The van der Waals surface area contributed by atoms with Gasteiger partial charge in [-0.15, -0.1) is 0 Å². The minimum atomic E-state index is -0.366. The highest BCUT2D eigenvalue weighted by atomic mass is 35.5. The molecule has 0 atom stereocenters. The molecule has 0 radical (unpaired) electrons. The van der Waals surface area contributed by atoms with Crippen molar-refractivity contribution in [1.29, 1.82) is 0 Å². The fourth-order valence-electron chi connectivity index (χ4n) is 3.23. The molecular weight excluding hydrogens is 448 g/mol. The van der Waals surface area contributed by atoms with E-state index in [0.29, 0.717) is 35.3 Å². The summed E-state index contributed by atoms with van der Waals surface area (Å²) in [6.07, 6.45) is 1.55. The number of rotatable bonds is 9. The second-order valence-corrected chi connectivity index (χ2v) is 7.79. The summed E-state index contributed by atoms with van der Waals surface area (Å²) in [7, 11) is 0. The SMILES string of the molecule is O=C(N/N=C\c1ccccc1OCc1ccccc1Cl)c1ccccc1OCc1ccccc1. The first-order chi connectivity index (χ1) is 16.7. The van der Waals surface area contributed by atoms with E-state index >= 15 is 0 Å². The van der Waals surface area contributed by atoms with Crippen LogP contribution < -0.4 is 14.9 Å². The Hall–Kier alpha value is -4.09. The average molecular weight is 471 g/mol. The number of halogens is 1. The number of hydrogen-bond acceptors (Lipinski definition) is 4. The maximum Gasteiger partial charge on any atom is 0.275 e. The summed E-state index contributed by atoms with van der Waals surface area (Å²) < 4.78 is 11.8. The molecule has 0 aliphatic heterocycles. The van der Waals surface area contributed by atoms with Crippen molar-refractivity contribution in [3.05, 3.63) is 130 Å². The minimum Gasteiger partial charge on any atom is -0.488 e. The van der Waals surface area contributed by atoms with Gasteiger partial charge in [0.15, 0.2) is 0 Å². The first-order valence-electron chi connectivity index (χ1n) is 10.7. The maximum absolute atomic E-state index is 12.7. The standard InChI is InChI=1S/C28H23ClN2O3/c29-25-15-7-4-13-23(25)20-34-26-16-8-5-12-22(26)18-30-31-28(32)24-14-6-9-17-27(24)33-19-21-10-2-1-3-11-21/h1-18H,19-20H2,(H,31,32)/b30-18-. The Morgan fingerprint density at radius 2 is 1.41 bits per heavy atom. The molecule has 0 aliphatic carbocycles. The second-order valence-electron chi connectivity index (χ2n) is 7.39. The lowest BCUT2D eigenvalue weighted by Crippen LogP contribution is -2.18. The molecule has 34 heavy (non-hydrogen) atoms. The fourth-order valence-corrected chi connectivity index (χ4v) is 3.42. The quantitative estimate of drug-likeness (QED) is 0.232. The molecule has 170 valence electrons. The van der Waals surface area contributed by atoms with Crippen LogP contribution in [0.2, 0.25) is 5.02 Å². The van der Waals surface area contributed by atoms with Crippen LogP contribution in [0, 0.1) is 0 Å². The number of nitrogens with one attached hydrogen (secondary N) is 1. The highest BCUT2D eigenvalue weighted by Crippen LogP contribution is 2.22. The van der Waals surface area contributed by atoms with Crippen molar-refractivity contribution in [3.8, 4) is 11.5 Å². The number of benzene rings is 4. The van der Waals surface area contributed by atoms with Gasteiger partial charge in [0.05, 0.1) is 11.8 Å². The first kappa shape index (κ1) is 23.1. The molecule has 0 saturated heterocycles. The number of amides is 1. The van der Waals surface area contributed by atoms with Gasteiger partial charge >= 0.3 is 0 Å². The highest BCUT2D eigenvalue weighted by Gasteiger charge is 2.12. The molecule has 6 heteroatoms. The van der Waals surface area contributed by atoms with Crippen molar-refractivity contribution in [2.24, 2.45) is 5.10 Å². The van der Waals surface area contributed by atoms with Crippen molar-refractivity contribution in [2.75, 3.05) is 0 Å². The molecule has 0 bridgehead atoms. The molecule has 4 aromatic rings. The van der Waals surface area contributed by atoms with Crippen LogP contribution in [0.1, 0.15) is 27.0 Å². The minimum absolute atomic E-state index is 0.322. The third-order valence-corrected chi connectivity index (χ3v) is 5.37. The van der Waals surface area contributed by atoms with Crippen LogP contribution >= 0.6 is 11.6 Å². The van der Waals surface area contributed by atoms with Gasteiger partial charge in [0.25, 0.3) is 5.91 Å². The zero-order chi connectivity index (χ0) is 23.6. The van der Waals surface area contributed by atoms with E-state index in [0.717, 1.165) is 16.7 Å². The molecule has 0 heterocycles. The monoisotopic (exact) mass is 470 g/mol. The van der Waals surface area contributed by atoms with Crippen molar-refractivity contribution >= 4 is 23.7 Å². The molecule has 4 aromatic carbocycles. The number of nitrogens with zero attached hydrogens (tertiary/aromatic N) is 1. The molecule has 4 rings (SSSR count). The van der Waals surface area contributed by atoms with E-state index in [-0.39, 0.29) is 5.91 Å². The van der Waals surface area contributed by atoms with Crippen molar-refractivity contribution in [1.82, 2.24) is 5.43 Å². The smallest absolute Gasteiger partial charge is 0.275 e. The summed E-state index contributed by atoms with van der Waals surface area (Å²) >= 11 is 6.21. The van der Waals surface area contributed by atoms with Gasteiger partial charge in [0.2, 0.25) is 0 Å². The highest BCUT2D eigenvalue weighted by molar-refractivity contribution is 6.31. The normalized spacial score (nSPS) is 10.7. The van der Waals surface area contributed by atoms with Gasteiger partial charge in [-0.3, -0.25) is 4.79 Å². The van der Waals surface area contributed by atoms with E-state index in [4.69, 9.17) is 21.1 Å². The Kier molecular flexibility index (Phi) is 7.93. The molecule has 0 aliphatic rings. The molecule has 0 saturated carbocycles. The zero-order valence-corrected chi connectivity index (χ0v) is 19.1. The molecular formula is C28H23ClN2O3. The number of hydrazone groups is 1. The van der Waals surface area contributed by atoms with Crippen LogP contribution in [0.4, 0.5) is 0 Å². The van der Waals surface area contributed by atoms with Gasteiger partial charge in [0.1, 0.15) is 24.7 Å². The number of hydrogen-bond donors (Lipinski definition) is 1. The Morgan fingerprint density at radius 1 is 0.765 bits per heavy atom. The number of carbonyl (C=O) groups excluding carboxylic acids is 1. The molecule has 1 amide bonds. The third-order valence-electron chi connectivity index (χ3n) is 5.00. The lowest BCUT2D eigenvalue weighted by molar-refractivity contribution is 0.0950. The second kappa shape index (κ2) is 11.7. The van der Waals surface area contributed by atoms with Crippen LogP contribution in [0.25, 0.3) is 0 Å². The molecule has 5 nitrogen and oxygen atoms in total. The fraction of sp³-hybridized carbons (Fsp3) is 0.0714. The van der Waals surface area contributed by atoms with Crippen LogP contribution in [-0.2, 0) is 13.2 Å². The summed E-state index contributed by atoms with van der Waals surface area (Å²) in [5, 5.41) is 4.77. The molecule has 0 unspecified atom stereocenters. The first-order valence-corrected chi connectivity index (χ1v) is 11.1. The average Bonchev–Trinajstić information content (AvgIpc) is 2.88. The van der Waals surface area contributed by atoms with Gasteiger partial charge in [-0.05, 0) is 35.9 Å². The maximum atomic E-state index is 12.7. The Labute approximate surface area is 203 Å². The van der Waals surface area contributed by atoms with E-state index in [1.807, 2.05) is 84.9 Å². The van der Waals surface area contributed by atoms with E-state index in [2.05, 4.69) is 10.5 Å². The molecule has 1 N–H and O–H groups in total. The summed E-state index contributed by atoms with van der Waals surface area (Å²) in [5.41, 5.74) is 5.60. The molecule has 0 spiro atoms. The number of ether oxygens (including phenoxy) is 2. The summed E-state index contributed by atoms with van der Waals surface area (Å²) in [6.45, 7) is 0.688. The Balaban J connectivity index is 1.39. The lowest BCUT2D eigenvalue weighted by Gasteiger charge is -2.11. The lowest BCUT2D eigenvalue weighted by atomic mass is 10.2. The van der Waals surface area contributed by atoms with Gasteiger partial charge in [0, 0.05) is 16.1 Å². The zero-order valence-electron chi connectivity index (χ0n) is 18.4. The third kappa shape index (κ3) is 6.24. The van der Waals surface area contributed by atoms with E-state index in [9.17, 15) is 4.79 Å². The summed E-state index contributed by atoms with van der Waals surface area (Å²) in [5.74, 6) is 0.754. The molecule has 0 aromatic heterocycles. The van der Waals surface area contributed by atoms with Crippen LogP contribution in [0.3, 0.4) is 0 Å². The summed E-state index contributed by atoms with van der Waals surface area (Å²) in [4.78, 5) is 12.7. The molecule has 0 fully saturated rings. The van der Waals surface area contributed by atoms with Crippen LogP contribution in [0.15, 0.2) is 108 Å². The van der Waals surface area contributed by atoms with Gasteiger partial charge in [-0.1, -0.05) is 84.4 Å². The topological polar surface area (TPSA) is 59.9 Å². The Bertz CT molecular complexity index is 1280. The van der Waals surface area contributed by atoms with Crippen molar-refractivity contribution < 1.29 is 14.3 Å². The van der Waals surface area contributed by atoms with Crippen molar-refractivity contribution in [3.63, 3.8) is 0 Å². The van der Waals surface area contributed by atoms with Crippen molar-refractivity contribution in [2.45, 2.75) is 13.2 Å². The summed E-state index contributed by atoms with van der Waals surface area (Å²) in [6, 6.07) is 31.8. The van der Waals surface area contributed by atoms with E-state index < -0.39 is 0 Å². The van der Waals surface area contributed by atoms with Gasteiger partial charge < -0.3 is 9.47 Å².